The summed E-state index contributed by atoms with van der Waals surface area (Å²) in [7, 11) is 0. The highest BCUT2D eigenvalue weighted by Gasteiger charge is 2.24. The fraction of sp³-hybridized carbons (Fsp3) is 0.154. The molecule has 34 heavy (non-hydrogen) atoms. The van der Waals surface area contributed by atoms with Crippen LogP contribution in [0.25, 0.3) is 27.6 Å². The quantitative estimate of drug-likeness (QED) is 0.177. The second-order valence-electron chi connectivity index (χ2n) is 7.45. The zero-order chi connectivity index (χ0) is 24.2. The number of hydrogen-bond donors (Lipinski definition) is 1. The van der Waals surface area contributed by atoms with E-state index in [-0.39, 0.29) is 12.4 Å². The molecule has 0 bridgehead atoms. The second kappa shape index (κ2) is 10.00. The molecule has 0 aliphatic rings. The van der Waals surface area contributed by atoms with Crippen LogP contribution >= 0.6 is 22.7 Å². The smallest absolute Gasteiger partial charge is 0.341 e. The fourth-order valence-corrected chi connectivity index (χ4v) is 5.41. The van der Waals surface area contributed by atoms with Crippen LogP contribution in [0.15, 0.2) is 54.0 Å². The lowest BCUT2D eigenvalue weighted by Gasteiger charge is -2.05. The average Bonchev–Trinajstić information content (AvgIpc) is 3.44. The fourth-order valence-electron chi connectivity index (χ4n) is 3.56. The minimum atomic E-state index is -0.508. The molecular weight excluding hydrogens is 466 g/mol. The molecule has 2 aromatic carbocycles. The van der Waals surface area contributed by atoms with Crippen molar-refractivity contribution < 1.29 is 14.3 Å². The highest BCUT2D eigenvalue weighted by Crippen LogP contribution is 2.35. The number of nitrogens with one attached hydrogen (secondary N) is 1. The molecular formula is C26H21N3O3S2. The first-order valence-electron chi connectivity index (χ1n) is 10.6. The Balaban J connectivity index is 1.64. The van der Waals surface area contributed by atoms with Gasteiger partial charge in [-0.05, 0) is 43.2 Å². The molecule has 1 N–H and O–H groups in total. The number of ether oxygens (including phenoxy) is 1. The Labute approximate surface area is 205 Å². The maximum atomic E-state index is 12.5. The number of benzene rings is 2. The number of fused-ring (bicyclic) bond motifs is 1. The van der Waals surface area contributed by atoms with Crippen molar-refractivity contribution in [3.05, 3.63) is 75.1 Å². The third kappa shape index (κ3) is 4.62. The van der Waals surface area contributed by atoms with Crippen LogP contribution in [-0.2, 0) is 4.74 Å². The summed E-state index contributed by atoms with van der Waals surface area (Å²) in [6, 6.07) is 16.4. The maximum Gasteiger partial charge on any atom is 0.341 e. The number of esters is 1. The summed E-state index contributed by atoms with van der Waals surface area (Å²) in [5.41, 5.74) is 2.95. The molecule has 0 amide bonds. The summed E-state index contributed by atoms with van der Waals surface area (Å²) in [6.45, 7) is 5.12. The largest absolute Gasteiger partial charge is 0.462 e. The average molecular weight is 488 g/mol. The van der Waals surface area contributed by atoms with E-state index in [1.807, 2.05) is 23.6 Å². The number of aromatic nitrogens is 1. The Kier molecular flexibility index (Phi) is 6.87. The zero-order valence-electron chi connectivity index (χ0n) is 18.8. The molecule has 0 unspecified atom stereocenters. The summed E-state index contributed by atoms with van der Waals surface area (Å²) in [5.74, 6) is -0.642. The molecule has 0 saturated carbocycles. The van der Waals surface area contributed by atoms with E-state index in [0.29, 0.717) is 31.6 Å². The van der Waals surface area contributed by atoms with Gasteiger partial charge in [-0.2, -0.15) is 5.26 Å². The number of nitriles is 1. The summed E-state index contributed by atoms with van der Waals surface area (Å²) in [5, 5.41) is 18.0. The molecule has 8 heteroatoms. The van der Waals surface area contributed by atoms with E-state index in [1.165, 1.54) is 35.8 Å². The monoisotopic (exact) mass is 487 g/mol. The number of anilines is 1. The van der Waals surface area contributed by atoms with Gasteiger partial charge in [0, 0.05) is 17.1 Å². The van der Waals surface area contributed by atoms with Gasteiger partial charge in [-0.1, -0.05) is 36.4 Å². The van der Waals surface area contributed by atoms with Crippen LogP contribution in [0.3, 0.4) is 0 Å². The Morgan fingerprint density at radius 1 is 1.21 bits per heavy atom. The minimum absolute atomic E-state index is 0.134. The summed E-state index contributed by atoms with van der Waals surface area (Å²) < 4.78 is 5.16. The van der Waals surface area contributed by atoms with Crippen molar-refractivity contribution in [2.24, 2.45) is 0 Å². The molecule has 2 heterocycles. The Hall–Kier alpha value is -3.80. The lowest BCUT2D eigenvalue weighted by atomic mass is 10.1. The van der Waals surface area contributed by atoms with Gasteiger partial charge in [0.1, 0.15) is 21.7 Å². The standard InChI is InChI=1S/C26H21N3O3S2/c1-4-32-26(31)22-15(2)23(16(3)30)34-25(22)28-13-20(12-27)24-29-21(14-33-24)19-10-9-17-7-5-6-8-18(17)11-19/h5-11,13-14,28H,4H2,1-3H3/b20-13-. The normalized spacial score (nSPS) is 11.3. The van der Waals surface area contributed by atoms with Crippen LogP contribution in [0.2, 0.25) is 0 Å². The number of hydrogen-bond acceptors (Lipinski definition) is 8. The first-order valence-corrected chi connectivity index (χ1v) is 12.3. The number of thiophene rings is 1. The first kappa shape index (κ1) is 23.4. The topological polar surface area (TPSA) is 92.1 Å². The number of carbonyl (C=O) groups excluding carboxylic acids is 2. The van der Waals surface area contributed by atoms with Gasteiger partial charge < -0.3 is 10.1 Å². The van der Waals surface area contributed by atoms with E-state index in [0.717, 1.165) is 22.0 Å². The van der Waals surface area contributed by atoms with Crippen LogP contribution < -0.4 is 5.32 Å². The number of ketones is 1. The summed E-state index contributed by atoms with van der Waals surface area (Å²) >= 11 is 2.53. The van der Waals surface area contributed by atoms with E-state index >= 15 is 0 Å². The zero-order valence-corrected chi connectivity index (χ0v) is 20.5. The van der Waals surface area contributed by atoms with E-state index in [4.69, 9.17) is 4.74 Å². The van der Waals surface area contributed by atoms with Crippen molar-refractivity contribution in [1.29, 1.82) is 5.26 Å². The van der Waals surface area contributed by atoms with Crippen molar-refractivity contribution >= 4 is 55.8 Å². The van der Waals surface area contributed by atoms with Crippen molar-refractivity contribution in [1.82, 2.24) is 4.98 Å². The lowest BCUT2D eigenvalue weighted by Crippen LogP contribution is -2.08. The summed E-state index contributed by atoms with van der Waals surface area (Å²) in [4.78, 5) is 29.6. The number of carbonyl (C=O) groups is 2. The number of rotatable bonds is 7. The van der Waals surface area contributed by atoms with Crippen molar-refractivity contribution in [2.45, 2.75) is 20.8 Å². The molecule has 0 radical (unpaired) electrons. The molecule has 2 aromatic heterocycles. The maximum absolute atomic E-state index is 12.5. The second-order valence-corrected chi connectivity index (χ2v) is 9.33. The highest BCUT2D eigenvalue weighted by molar-refractivity contribution is 7.18. The molecule has 0 atom stereocenters. The van der Waals surface area contributed by atoms with E-state index in [9.17, 15) is 14.9 Å². The Morgan fingerprint density at radius 2 is 1.97 bits per heavy atom. The van der Waals surface area contributed by atoms with Gasteiger partial charge >= 0.3 is 5.97 Å². The van der Waals surface area contributed by atoms with Gasteiger partial charge in [-0.3, -0.25) is 4.79 Å². The molecule has 170 valence electrons. The molecule has 0 aliphatic carbocycles. The van der Waals surface area contributed by atoms with E-state index < -0.39 is 5.97 Å². The van der Waals surface area contributed by atoms with Gasteiger partial charge in [-0.25, -0.2) is 9.78 Å². The molecule has 0 fully saturated rings. The summed E-state index contributed by atoms with van der Waals surface area (Å²) in [6.07, 6.45) is 1.51. The molecule has 4 rings (SSSR count). The van der Waals surface area contributed by atoms with Crippen molar-refractivity contribution in [2.75, 3.05) is 11.9 Å². The third-order valence-electron chi connectivity index (χ3n) is 5.19. The Bertz CT molecular complexity index is 1470. The molecule has 0 spiro atoms. The van der Waals surface area contributed by atoms with Crippen LogP contribution in [0.4, 0.5) is 5.00 Å². The molecule has 4 aromatic rings. The van der Waals surface area contributed by atoms with Gasteiger partial charge in [0.25, 0.3) is 0 Å². The SMILES string of the molecule is CCOC(=O)c1c(N/C=C(/C#N)c2nc(-c3ccc4ccccc4c3)cs2)sc(C(C)=O)c1C. The highest BCUT2D eigenvalue weighted by atomic mass is 32.1. The van der Waals surface area contributed by atoms with E-state index in [1.54, 1.807) is 13.8 Å². The van der Waals surface area contributed by atoms with E-state index in [2.05, 4.69) is 40.6 Å². The third-order valence-corrected chi connectivity index (χ3v) is 7.39. The van der Waals surface area contributed by atoms with Crippen LogP contribution in [-0.4, -0.2) is 23.3 Å². The van der Waals surface area contributed by atoms with Crippen LogP contribution in [0.5, 0.6) is 0 Å². The van der Waals surface area contributed by atoms with Gasteiger partial charge in [0.05, 0.1) is 22.7 Å². The van der Waals surface area contributed by atoms with Crippen LogP contribution in [0.1, 0.15) is 44.4 Å². The van der Waals surface area contributed by atoms with Crippen molar-refractivity contribution in [3.63, 3.8) is 0 Å². The van der Waals surface area contributed by atoms with Gasteiger partial charge in [0.2, 0.25) is 0 Å². The van der Waals surface area contributed by atoms with Gasteiger partial charge in [-0.15, -0.1) is 22.7 Å². The predicted octanol–water partition coefficient (Wildman–Crippen LogP) is 6.69. The number of nitrogens with zero attached hydrogens (tertiary/aromatic N) is 2. The lowest BCUT2D eigenvalue weighted by molar-refractivity contribution is 0.0527. The minimum Gasteiger partial charge on any atom is -0.462 e. The van der Waals surface area contributed by atoms with Crippen LogP contribution in [0, 0.1) is 18.3 Å². The predicted molar refractivity (Wildman–Crippen MR) is 137 cm³/mol. The number of allylic oxidation sites excluding steroid dienone is 1. The Morgan fingerprint density at radius 3 is 2.68 bits per heavy atom. The molecule has 0 saturated heterocycles. The first-order chi connectivity index (χ1) is 16.4. The number of thiazole rings is 1. The molecule has 0 aliphatic heterocycles. The van der Waals surface area contributed by atoms with Gasteiger partial charge in [0.15, 0.2) is 5.78 Å². The number of Topliss-reactive ketones (excluding diaryl/α,β-unsaturated/α-hetero) is 1. The molecule has 6 nitrogen and oxygen atoms in total. The van der Waals surface area contributed by atoms with Crippen molar-refractivity contribution in [3.8, 4) is 17.3 Å².